The average Bonchev–Trinajstić information content (AvgIpc) is 3.82. The number of pyridine rings is 1. The highest BCUT2D eigenvalue weighted by Gasteiger charge is 2.39. The van der Waals surface area contributed by atoms with Gasteiger partial charge < -0.3 is 25.6 Å². The van der Waals surface area contributed by atoms with Gasteiger partial charge >= 0.3 is 0 Å². The second-order valence-electron chi connectivity index (χ2n) is 15.2. The fourth-order valence-corrected chi connectivity index (χ4v) is 8.79. The van der Waals surface area contributed by atoms with Gasteiger partial charge in [-0.15, -0.1) is 0 Å². The summed E-state index contributed by atoms with van der Waals surface area (Å²) in [4.78, 5) is 45.6. The first-order chi connectivity index (χ1) is 27.6. The Balaban J connectivity index is 0.785. The van der Waals surface area contributed by atoms with E-state index in [1.54, 1.807) is 18.0 Å². The highest BCUT2D eigenvalue weighted by molar-refractivity contribution is 6.36. The van der Waals surface area contributed by atoms with Crippen LogP contribution in [-0.2, 0) is 16.1 Å². The lowest BCUT2D eigenvalue weighted by atomic mass is 10.0. The van der Waals surface area contributed by atoms with E-state index in [0.29, 0.717) is 40.9 Å². The molecule has 2 saturated heterocycles. The van der Waals surface area contributed by atoms with Crippen LogP contribution in [0.5, 0.6) is 5.75 Å². The second kappa shape index (κ2) is 18.3. The van der Waals surface area contributed by atoms with Crippen LogP contribution in [0.1, 0.15) is 105 Å². The summed E-state index contributed by atoms with van der Waals surface area (Å²) in [6, 6.07) is 9.88. The monoisotopic (exact) mass is 818 g/mol. The molecule has 2 aromatic carbocycles. The molecule has 3 aliphatic heterocycles. The molecule has 1 unspecified atom stereocenters. The number of carbonyl (C=O) groups is 3. The van der Waals surface area contributed by atoms with Gasteiger partial charge in [-0.1, -0.05) is 55.0 Å². The standard InChI is InChI=1S/C42H49Cl2FN8O4/c1-26(38-32(43)11-12-33(45)39(38)44)57-36-21-27(22-48-40(36)46)28-23-49-53(24-28)29-15-19-51(20-16-29)18-7-5-3-2-4-6-17-47-34-10-8-9-30-31(34)25-52(42(30)56)35-13-14-37(54)50-41(35)55/h8-12,21-24,26,29,35,47H,2-7,13-20,25H2,1H3,(H2,46,48)(H,50,54,55)/t26-,35?/m1/s1. The van der Waals surface area contributed by atoms with Crippen molar-refractivity contribution < 1.29 is 23.5 Å². The van der Waals surface area contributed by atoms with Crippen molar-refractivity contribution >= 4 is 52.4 Å². The summed E-state index contributed by atoms with van der Waals surface area (Å²) >= 11 is 12.5. The number of nitrogens with zero attached hydrogens (tertiary/aromatic N) is 5. The zero-order valence-corrected chi connectivity index (χ0v) is 33.6. The number of hydrogen-bond donors (Lipinski definition) is 3. The maximum atomic E-state index is 14.1. The fraction of sp³-hybridized carbons (Fsp3) is 0.452. The Morgan fingerprint density at radius 2 is 1.77 bits per heavy atom. The first-order valence-corrected chi connectivity index (χ1v) is 20.7. The summed E-state index contributed by atoms with van der Waals surface area (Å²) < 4.78 is 22.3. The molecule has 3 amide bonds. The van der Waals surface area contributed by atoms with Gasteiger partial charge in [0, 0.05) is 83.5 Å². The number of nitrogen functional groups attached to an aromatic ring is 1. The van der Waals surface area contributed by atoms with Gasteiger partial charge in [0.1, 0.15) is 18.0 Å². The summed E-state index contributed by atoms with van der Waals surface area (Å²) in [5.41, 5.74) is 10.7. The second-order valence-corrected chi connectivity index (χ2v) is 16.0. The molecular weight excluding hydrogens is 770 g/mol. The number of imide groups is 1. The number of nitrogens with two attached hydrogens (primary N) is 1. The molecule has 0 aliphatic carbocycles. The molecule has 2 atom stereocenters. The number of carbonyl (C=O) groups excluding carboxylic acids is 3. The van der Waals surface area contributed by atoms with Crippen LogP contribution >= 0.6 is 23.2 Å². The molecule has 4 N–H and O–H groups in total. The highest BCUT2D eigenvalue weighted by Crippen LogP contribution is 2.37. The number of likely N-dealkylation sites (tertiary alicyclic amines) is 1. The maximum Gasteiger partial charge on any atom is 0.255 e. The quantitative estimate of drug-likeness (QED) is 0.0582. The van der Waals surface area contributed by atoms with Gasteiger partial charge in [-0.2, -0.15) is 5.10 Å². The van der Waals surface area contributed by atoms with Crippen molar-refractivity contribution in [2.24, 2.45) is 0 Å². The van der Waals surface area contributed by atoms with E-state index in [0.717, 1.165) is 74.2 Å². The minimum absolute atomic E-state index is 0.0833. The molecule has 7 rings (SSSR count). The van der Waals surface area contributed by atoms with Gasteiger partial charge in [0.15, 0.2) is 11.6 Å². The normalized spacial score (nSPS) is 18.1. The number of piperidine rings is 2. The van der Waals surface area contributed by atoms with E-state index in [9.17, 15) is 18.8 Å². The molecule has 15 heteroatoms. The molecule has 57 heavy (non-hydrogen) atoms. The van der Waals surface area contributed by atoms with Crippen molar-refractivity contribution in [3.8, 4) is 16.9 Å². The van der Waals surface area contributed by atoms with Crippen LogP contribution in [0.3, 0.4) is 0 Å². The van der Waals surface area contributed by atoms with E-state index in [1.807, 2.05) is 41.3 Å². The van der Waals surface area contributed by atoms with Gasteiger partial charge in [-0.25, -0.2) is 9.37 Å². The summed E-state index contributed by atoms with van der Waals surface area (Å²) in [5, 5.41) is 10.8. The van der Waals surface area contributed by atoms with Gasteiger partial charge in [0.25, 0.3) is 5.91 Å². The predicted molar refractivity (Wildman–Crippen MR) is 219 cm³/mol. The lowest BCUT2D eigenvalue weighted by Crippen LogP contribution is -2.52. The zero-order valence-electron chi connectivity index (χ0n) is 32.1. The lowest BCUT2D eigenvalue weighted by Gasteiger charge is -2.32. The molecule has 5 heterocycles. The molecule has 12 nitrogen and oxygen atoms in total. The molecule has 0 bridgehead atoms. The summed E-state index contributed by atoms with van der Waals surface area (Å²) in [6.07, 6.45) is 14.5. The third-order valence-electron chi connectivity index (χ3n) is 11.3. The number of ether oxygens (including phenoxy) is 1. The Morgan fingerprint density at radius 3 is 2.56 bits per heavy atom. The molecule has 2 aromatic heterocycles. The molecule has 2 fully saturated rings. The van der Waals surface area contributed by atoms with Crippen LogP contribution in [0.4, 0.5) is 15.9 Å². The number of benzene rings is 2. The molecule has 0 radical (unpaired) electrons. The van der Waals surface area contributed by atoms with E-state index < -0.39 is 18.0 Å². The molecular formula is C42H49Cl2FN8O4. The van der Waals surface area contributed by atoms with Crippen LogP contribution in [0.25, 0.3) is 11.1 Å². The van der Waals surface area contributed by atoms with Crippen LogP contribution in [0, 0.1) is 5.82 Å². The maximum absolute atomic E-state index is 14.1. The fourth-order valence-electron chi connectivity index (χ4n) is 8.11. The number of aromatic nitrogens is 3. The first kappa shape index (κ1) is 40.5. The third kappa shape index (κ3) is 9.37. The summed E-state index contributed by atoms with van der Waals surface area (Å²) in [6.45, 7) is 6.12. The third-order valence-corrected chi connectivity index (χ3v) is 12.0. The first-order valence-electron chi connectivity index (χ1n) is 19.9. The van der Waals surface area contributed by atoms with Crippen LogP contribution in [-0.4, -0.2) is 74.5 Å². The smallest absolute Gasteiger partial charge is 0.255 e. The molecule has 0 saturated carbocycles. The van der Waals surface area contributed by atoms with Gasteiger partial charge in [0.05, 0.1) is 17.3 Å². The van der Waals surface area contributed by atoms with Crippen molar-refractivity contribution in [2.75, 3.05) is 37.2 Å². The predicted octanol–water partition coefficient (Wildman–Crippen LogP) is 7.96. The Hall–Kier alpha value is -4.72. The van der Waals surface area contributed by atoms with Crippen molar-refractivity contribution in [1.29, 1.82) is 0 Å². The summed E-state index contributed by atoms with van der Waals surface area (Å²) in [5.74, 6) is -0.839. The average molecular weight is 820 g/mol. The largest absolute Gasteiger partial charge is 0.482 e. The Bertz CT molecular complexity index is 2110. The van der Waals surface area contributed by atoms with Crippen molar-refractivity contribution in [1.82, 2.24) is 29.9 Å². The number of rotatable bonds is 16. The van der Waals surface area contributed by atoms with Crippen molar-refractivity contribution in [3.63, 3.8) is 0 Å². The number of halogens is 3. The summed E-state index contributed by atoms with van der Waals surface area (Å²) in [7, 11) is 0. The Morgan fingerprint density at radius 1 is 1.00 bits per heavy atom. The minimum atomic E-state index is -0.664. The van der Waals surface area contributed by atoms with Gasteiger partial charge in [0.2, 0.25) is 11.8 Å². The topological polar surface area (TPSA) is 148 Å². The zero-order chi connectivity index (χ0) is 40.1. The number of nitrogens with one attached hydrogen (secondary N) is 2. The number of hydrogen-bond acceptors (Lipinski definition) is 9. The van der Waals surface area contributed by atoms with Crippen molar-refractivity contribution in [3.05, 3.63) is 87.5 Å². The number of amides is 3. The van der Waals surface area contributed by atoms with Crippen molar-refractivity contribution in [2.45, 2.75) is 95.9 Å². The number of anilines is 2. The Kier molecular flexibility index (Phi) is 13.0. The molecule has 0 spiro atoms. The van der Waals surface area contributed by atoms with Crippen LogP contribution < -0.4 is 21.1 Å². The minimum Gasteiger partial charge on any atom is -0.482 e. The highest BCUT2D eigenvalue weighted by atomic mass is 35.5. The van der Waals surface area contributed by atoms with E-state index >= 15 is 0 Å². The van der Waals surface area contributed by atoms with E-state index in [-0.39, 0.29) is 35.0 Å². The van der Waals surface area contributed by atoms with Crippen LogP contribution in [0.15, 0.2) is 55.0 Å². The van der Waals surface area contributed by atoms with Gasteiger partial charge in [-0.3, -0.25) is 24.4 Å². The molecule has 3 aliphatic rings. The SMILES string of the molecule is C[C@@H](Oc1cc(-c2cnn(C3CCN(CCCCCCCCNc4cccc5c4CN(C4CCC(=O)NC4=O)C5=O)CC3)c2)cnc1N)c1c(Cl)ccc(F)c1Cl. The van der Waals surface area contributed by atoms with E-state index in [1.165, 1.54) is 37.8 Å². The molecule has 4 aromatic rings. The molecule has 302 valence electrons. The van der Waals surface area contributed by atoms with E-state index in [2.05, 4.69) is 20.5 Å². The van der Waals surface area contributed by atoms with E-state index in [4.69, 9.17) is 38.8 Å². The van der Waals surface area contributed by atoms with Crippen LogP contribution in [0.2, 0.25) is 10.0 Å². The van der Waals surface area contributed by atoms with Gasteiger partial charge in [-0.05, 0) is 75.9 Å². The Labute approximate surface area is 342 Å². The lowest BCUT2D eigenvalue weighted by molar-refractivity contribution is -0.136. The number of fused-ring (bicyclic) bond motifs is 1. The number of unbranched alkanes of at least 4 members (excludes halogenated alkanes) is 5.